The summed E-state index contributed by atoms with van der Waals surface area (Å²) in [5, 5.41) is 0.637. The Balaban J connectivity index is 2.17. The molecule has 2 aromatic rings. The third-order valence-corrected chi connectivity index (χ3v) is 4.18. The number of nitrogens with zero attached hydrogens (tertiary/aromatic N) is 1. The average molecular weight is 352 g/mol. The molecule has 1 unspecified atom stereocenters. The third kappa shape index (κ3) is 4.54. The maximum absolute atomic E-state index is 13.5. The summed E-state index contributed by atoms with van der Waals surface area (Å²) in [5.41, 5.74) is 1.46. The fourth-order valence-corrected chi connectivity index (χ4v) is 2.78. The zero-order valence-corrected chi connectivity index (χ0v) is 14.5. The molecule has 2 aromatic carbocycles. The summed E-state index contributed by atoms with van der Waals surface area (Å²) in [6.45, 7) is 2.39. The van der Waals surface area contributed by atoms with Crippen LogP contribution in [-0.4, -0.2) is 17.9 Å². The molecule has 0 spiro atoms. The number of benzene rings is 2. The summed E-state index contributed by atoms with van der Waals surface area (Å²) in [7, 11) is 1.71. The molecule has 0 fully saturated rings. The Bertz CT molecular complexity index is 703. The van der Waals surface area contributed by atoms with E-state index in [2.05, 4.69) is 0 Å². The fourth-order valence-electron chi connectivity index (χ4n) is 2.66. The number of hydrogen-bond acceptors (Lipinski definition) is 1. The molecular formula is C19H20ClF2NO. The highest BCUT2D eigenvalue weighted by Gasteiger charge is 2.24. The van der Waals surface area contributed by atoms with Gasteiger partial charge < -0.3 is 4.90 Å². The van der Waals surface area contributed by atoms with Crippen molar-refractivity contribution < 1.29 is 13.6 Å². The summed E-state index contributed by atoms with van der Waals surface area (Å²) in [6.07, 6.45) is 1.35. The Morgan fingerprint density at radius 2 is 1.79 bits per heavy atom. The smallest absolute Gasteiger partial charge is 0.230 e. The molecule has 2 rings (SSSR count). The van der Waals surface area contributed by atoms with Crippen molar-refractivity contribution in [3.8, 4) is 0 Å². The van der Waals surface area contributed by atoms with Gasteiger partial charge in [-0.2, -0.15) is 0 Å². The van der Waals surface area contributed by atoms with Crippen LogP contribution in [0, 0.1) is 11.6 Å². The summed E-state index contributed by atoms with van der Waals surface area (Å²) >= 11 is 5.86. The van der Waals surface area contributed by atoms with E-state index in [9.17, 15) is 13.6 Å². The first kappa shape index (κ1) is 18.4. The number of carbonyl (C=O) groups is 1. The zero-order chi connectivity index (χ0) is 17.7. The lowest BCUT2D eigenvalue weighted by molar-refractivity contribution is -0.132. The Morgan fingerprint density at radius 1 is 1.12 bits per heavy atom. The second-order valence-electron chi connectivity index (χ2n) is 5.84. The van der Waals surface area contributed by atoms with E-state index in [1.165, 1.54) is 6.07 Å². The minimum Gasteiger partial charge on any atom is -0.341 e. The van der Waals surface area contributed by atoms with Crippen molar-refractivity contribution in [3.05, 3.63) is 70.2 Å². The highest BCUT2D eigenvalue weighted by Crippen LogP contribution is 2.26. The number of hydrogen-bond donors (Lipinski definition) is 0. The van der Waals surface area contributed by atoms with Crippen molar-refractivity contribution >= 4 is 17.5 Å². The Morgan fingerprint density at radius 3 is 2.38 bits per heavy atom. The number of carbonyl (C=O) groups excluding carboxylic acids is 1. The van der Waals surface area contributed by atoms with Gasteiger partial charge in [-0.15, -0.1) is 0 Å². The molecule has 0 N–H and O–H groups in total. The molecule has 0 saturated heterocycles. The van der Waals surface area contributed by atoms with E-state index in [4.69, 9.17) is 11.6 Å². The van der Waals surface area contributed by atoms with Crippen LogP contribution in [0.1, 0.15) is 36.8 Å². The molecule has 1 atom stereocenters. The van der Waals surface area contributed by atoms with Crippen molar-refractivity contribution in [2.75, 3.05) is 7.05 Å². The van der Waals surface area contributed by atoms with Crippen molar-refractivity contribution in [1.29, 1.82) is 0 Å². The van der Waals surface area contributed by atoms with Crippen LogP contribution >= 0.6 is 11.6 Å². The largest absolute Gasteiger partial charge is 0.341 e. The number of rotatable bonds is 6. The van der Waals surface area contributed by atoms with Gasteiger partial charge in [0.2, 0.25) is 5.91 Å². The van der Waals surface area contributed by atoms with E-state index < -0.39 is 17.6 Å². The molecule has 0 aliphatic heterocycles. The minimum atomic E-state index is -0.929. The molecule has 0 aliphatic rings. The molecule has 0 aromatic heterocycles. The van der Waals surface area contributed by atoms with Crippen LogP contribution in [0.2, 0.25) is 5.02 Å². The SMILES string of the molecule is CCCC(C(=O)N(C)Cc1ccc(Cl)cc1)c1ccc(F)c(F)c1. The van der Waals surface area contributed by atoms with E-state index in [1.54, 1.807) is 24.1 Å². The molecular weight excluding hydrogens is 332 g/mol. The minimum absolute atomic E-state index is 0.113. The van der Waals surface area contributed by atoms with Crippen molar-refractivity contribution in [2.45, 2.75) is 32.2 Å². The van der Waals surface area contributed by atoms with Gasteiger partial charge >= 0.3 is 0 Å². The maximum atomic E-state index is 13.5. The van der Waals surface area contributed by atoms with Gasteiger partial charge in [0.15, 0.2) is 11.6 Å². The third-order valence-electron chi connectivity index (χ3n) is 3.93. The molecule has 2 nitrogen and oxygen atoms in total. The normalized spacial score (nSPS) is 12.0. The van der Waals surface area contributed by atoms with Gasteiger partial charge in [-0.3, -0.25) is 4.79 Å². The molecule has 128 valence electrons. The van der Waals surface area contributed by atoms with Crippen molar-refractivity contribution in [1.82, 2.24) is 4.90 Å². The number of amides is 1. The fraction of sp³-hybridized carbons (Fsp3) is 0.316. The Hall–Kier alpha value is -1.94. The van der Waals surface area contributed by atoms with Gasteiger partial charge in [0.25, 0.3) is 0 Å². The Kier molecular flexibility index (Phi) is 6.32. The summed E-state index contributed by atoms with van der Waals surface area (Å²) in [6, 6.07) is 10.9. The predicted octanol–water partition coefficient (Wildman–Crippen LogP) is 5.16. The molecule has 0 aliphatic carbocycles. The molecule has 24 heavy (non-hydrogen) atoms. The molecule has 0 heterocycles. The van der Waals surface area contributed by atoms with Crippen LogP contribution in [0.5, 0.6) is 0 Å². The first-order valence-electron chi connectivity index (χ1n) is 7.86. The van der Waals surface area contributed by atoms with E-state index in [-0.39, 0.29) is 5.91 Å². The number of halogens is 3. The van der Waals surface area contributed by atoms with Gasteiger partial charge in [-0.05, 0) is 41.8 Å². The Labute approximate surface area is 146 Å². The highest BCUT2D eigenvalue weighted by atomic mass is 35.5. The molecule has 0 radical (unpaired) electrons. The molecule has 5 heteroatoms. The van der Waals surface area contributed by atoms with E-state index >= 15 is 0 Å². The molecule has 0 bridgehead atoms. The van der Waals surface area contributed by atoms with Crippen molar-refractivity contribution in [2.24, 2.45) is 0 Å². The first-order valence-corrected chi connectivity index (χ1v) is 8.24. The standard InChI is InChI=1S/C19H20ClF2NO/c1-3-4-16(14-7-10-17(21)18(22)11-14)19(24)23(2)12-13-5-8-15(20)9-6-13/h5-11,16H,3-4,12H2,1-2H3. The second kappa shape index (κ2) is 8.25. The van der Waals surface area contributed by atoms with E-state index in [0.717, 1.165) is 24.1 Å². The van der Waals surface area contributed by atoms with Gasteiger partial charge in [-0.1, -0.05) is 43.1 Å². The van der Waals surface area contributed by atoms with E-state index in [1.807, 2.05) is 19.1 Å². The molecule has 1 amide bonds. The summed E-state index contributed by atoms with van der Waals surface area (Å²) in [5.74, 6) is -2.43. The van der Waals surface area contributed by atoms with Gasteiger partial charge in [0, 0.05) is 18.6 Å². The average Bonchev–Trinajstić information content (AvgIpc) is 2.56. The van der Waals surface area contributed by atoms with Crippen LogP contribution in [0.3, 0.4) is 0 Å². The van der Waals surface area contributed by atoms with Crippen LogP contribution in [0.4, 0.5) is 8.78 Å². The van der Waals surface area contributed by atoms with Gasteiger partial charge in [0.1, 0.15) is 0 Å². The first-order chi connectivity index (χ1) is 11.4. The lowest BCUT2D eigenvalue weighted by Crippen LogP contribution is -2.31. The lowest BCUT2D eigenvalue weighted by atomic mass is 9.93. The van der Waals surface area contributed by atoms with Gasteiger partial charge in [0.05, 0.1) is 5.92 Å². The van der Waals surface area contributed by atoms with Crippen LogP contribution in [0.15, 0.2) is 42.5 Å². The van der Waals surface area contributed by atoms with E-state index in [0.29, 0.717) is 23.6 Å². The number of likely N-dealkylation sites (N-methyl/N-ethyl adjacent to an activating group) is 1. The maximum Gasteiger partial charge on any atom is 0.230 e. The van der Waals surface area contributed by atoms with Crippen LogP contribution in [0.25, 0.3) is 0 Å². The quantitative estimate of drug-likeness (QED) is 0.703. The van der Waals surface area contributed by atoms with Crippen LogP contribution < -0.4 is 0 Å². The van der Waals surface area contributed by atoms with Crippen molar-refractivity contribution in [3.63, 3.8) is 0 Å². The molecule has 0 saturated carbocycles. The lowest BCUT2D eigenvalue weighted by Gasteiger charge is -2.24. The topological polar surface area (TPSA) is 20.3 Å². The van der Waals surface area contributed by atoms with Gasteiger partial charge in [-0.25, -0.2) is 8.78 Å². The monoisotopic (exact) mass is 351 g/mol. The second-order valence-corrected chi connectivity index (χ2v) is 6.27. The summed E-state index contributed by atoms with van der Waals surface area (Å²) in [4.78, 5) is 14.4. The van der Waals surface area contributed by atoms with Crippen LogP contribution in [-0.2, 0) is 11.3 Å². The zero-order valence-electron chi connectivity index (χ0n) is 13.7. The predicted molar refractivity (Wildman–Crippen MR) is 91.9 cm³/mol. The highest BCUT2D eigenvalue weighted by molar-refractivity contribution is 6.30. The summed E-state index contributed by atoms with van der Waals surface area (Å²) < 4.78 is 26.7.